The minimum absolute atomic E-state index is 0.0898. The maximum absolute atomic E-state index is 11.6. The Morgan fingerprint density at radius 1 is 1.47 bits per heavy atom. The third-order valence-electron chi connectivity index (χ3n) is 2.07. The molecule has 0 radical (unpaired) electrons. The zero-order valence-corrected chi connectivity index (χ0v) is 11.7. The monoisotopic (exact) mass is 319 g/mol. The van der Waals surface area contributed by atoms with Gasteiger partial charge in [-0.15, -0.1) is 0 Å². The number of benzene rings is 1. The predicted octanol–water partition coefficient (Wildman–Crippen LogP) is 2.76. The first kappa shape index (κ1) is 14.0. The summed E-state index contributed by atoms with van der Waals surface area (Å²) in [6, 6.07) is 5.21. The lowest BCUT2D eigenvalue weighted by molar-refractivity contribution is -0.132. The van der Waals surface area contributed by atoms with E-state index in [-0.39, 0.29) is 5.71 Å². The van der Waals surface area contributed by atoms with Gasteiger partial charge in [-0.05, 0) is 11.6 Å². The highest BCUT2D eigenvalue weighted by Crippen LogP contribution is 2.23. The van der Waals surface area contributed by atoms with E-state index in [4.69, 9.17) is 11.6 Å². The molecule has 0 bridgehead atoms. The number of methoxy groups -OCH3 is 1. The maximum atomic E-state index is 11.6. The summed E-state index contributed by atoms with van der Waals surface area (Å²) in [5.74, 6) is -0.573. The highest BCUT2D eigenvalue weighted by atomic mass is 79.9. The normalized spacial score (nSPS) is 11.2. The zero-order chi connectivity index (χ0) is 12.8. The van der Waals surface area contributed by atoms with Gasteiger partial charge in [0.05, 0.1) is 7.11 Å². The molecular formula is C11H11BrClNO3. The zero-order valence-electron chi connectivity index (χ0n) is 9.37. The number of halogens is 2. The Morgan fingerprint density at radius 2 is 2.18 bits per heavy atom. The van der Waals surface area contributed by atoms with Gasteiger partial charge in [0.2, 0.25) is 0 Å². The lowest BCUT2D eigenvalue weighted by Gasteiger charge is -2.09. The molecule has 0 N–H and O–H groups in total. The summed E-state index contributed by atoms with van der Waals surface area (Å²) in [4.78, 5) is 16.2. The SMILES string of the molecule is CON=C(C(=O)OC)c1cccc(Cl)c1CBr. The van der Waals surface area contributed by atoms with Crippen molar-refractivity contribution in [3.63, 3.8) is 0 Å². The Bertz CT molecular complexity index is 448. The van der Waals surface area contributed by atoms with Crippen molar-refractivity contribution >= 4 is 39.2 Å². The van der Waals surface area contributed by atoms with Crippen LogP contribution in [0.4, 0.5) is 0 Å². The average Bonchev–Trinajstić information content (AvgIpc) is 2.34. The number of nitrogens with zero attached hydrogens (tertiary/aromatic N) is 1. The van der Waals surface area contributed by atoms with Gasteiger partial charge in [0, 0.05) is 15.9 Å². The van der Waals surface area contributed by atoms with E-state index in [0.29, 0.717) is 15.9 Å². The van der Waals surface area contributed by atoms with E-state index in [1.54, 1.807) is 18.2 Å². The van der Waals surface area contributed by atoms with Crippen LogP contribution in [0.2, 0.25) is 5.02 Å². The summed E-state index contributed by atoms with van der Waals surface area (Å²) < 4.78 is 4.65. The van der Waals surface area contributed by atoms with Gasteiger partial charge in [0.15, 0.2) is 5.71 Å². The van der Waals surface area contributed by atoms with Crippen LogP contribution in [0.25, 0.3) is 0 Å². The maximum Gasteiger partial charge on any atom is 0.360 e. The number of alkyl halides is 1. The summed E-state index contributed by atoms with van der Waals surface area (Å²) in [5, 5.41) is 4.73. The van der Waals surface area contributed by atoms with Crippen LogP contribution in [0.15, 0.2) is 23.4 Å². The van der Waals surface area contributed by atoms with Crippen LogP contribution in [0.1, 0.15) is 11.1 Å². The molecule has 6 heteroatoms. The van der Waals surface area contributed by atoms with Crippen molar-refractivity contribution in [2.24, 2.45) is 5.16 Å². The fourth-order valence-electron chi connectivity index (χ4n) is 1.30. The molecule has 0 amide bonds. The van der Waals surface area contributed by atoms with E-state index in [2.05, 4.69) is 30.7 Å². The fraction of sp³-hybridized carbons (Fsp3) is 0.273. The van der Waals surface area contributed by atoms with Gasteiger partial charge in [-0.25, -0.2) is 4.79 Å². The van der Waals surface area contributed by atoms with E-state index >= 15 is 0 Å². The third-order valence-corrected chi connectivity index (χ3v) is 2.98. The molecule has 4 nitrogen and oxygen atoms in total. The highest BCUT2D eigenvalue weighted by Gasteiger charge is 2.20. The Hall–Kier alpha value is -1.07. The fourth-order valence-corrected chi connectivity index (χ4v) is 2.31. The van der Waals surface area contributed by atoms with Gasteiger partial charge in [0.1, 0.15) is 7.11 Å². The van der Waals surface area contributed by atoms with Gasteiger partial charge in [0.25, 0.3) is 0 Å². The molecule has 1 rings (SSSR count). The summed E-state index contributed by atoms with van der Waals surface area (Å²) in [7, 11) is 2.65. The van der Waals surface area contributed by atoms with Crippen LogP contribution in [0, 0.1) is 0 Å². The van der Waals surface area contributed by atoms with E-state index in [9.17, 15) is 4.79 Å². The predicted molar refractivity (Wildman–Crippen MR) is 69.6 cm³/mol. The topological polar surface area (TPSA) is 47.9 Å². The number of oxime groups is 1. The molecule has 92 valence electrons. The summed E-state index contributed by atoms with van der Waals surface area (Å²) in [6.07, 6.45) is 0. The first-order valence-electron chi connectivity index (χ1n) is 4.68. The van der Waals surface area contributed by atoms with Gasteiger partial charge in [-0.2, -0.15) is 0 Å². The quantitative estimate of drug-likeness (QED) is 0.371. The Morgan fingerprint density at radius 3 is 2.71 bits per heavy atom. The molecular weight excluding hydrogens is 309 g/mol. The Kier molecular flexibility index (Phi) is 5.44. The van der Waals surface area contributed by atoms with Crippen LogP contribution in [0.5, 0.6) is 0 Å². The molecule has 0 spiro atoms. The van der Waals surface area contributed by atoms with Gasteiger partial charge in [-0.1, -0.05) is 44.8 Å². The first-order valence-corrected chi connectivity index (χ1v) is 6.18. The van der Waals surface area contributed by atoms with Crippen molar-refractivity contribution in [3.05, 3.63) is 34.3 Å². The molecule has 1 aromatic rings. The van der Waals surface area contributed by atoms with E-state index in [1.165, 1.54) is 14.2 Å². The van der Waals surface area contributed by atoms with Gasteiger partial charge < -0.3 is 9.57 Å². The molecule has 0 aliphatic carbocycles. The van der Waals surface area contributed by atoms with Crippen molar-refractivity contribution in [1.29, 1.82) is 0 Å². The minimum atomic E-state index is -0.573. The molecule has 0 fully saturated rings. The van der Waals surface area contributed by atoms with Crippen LogP contribution in [-0.4, -0.2) is 25.9 Å². The number of carbonyl (C=O) groups is 1. The van der Waals surface area contributed by atoms with E-state index in [1.807, 2.05) is 0 Å². The highest BCUT2D eigenvalue weighted by molar-refractivity contribution is 9.08. The van der Waals surface area contributed by atoms with E-state index < -0.39 is 5.97 Å². The molecule has 0 heterocycles. The van der Waals surface area contributed by atoms with Crippen molar-refractivity contribution in [2.75, 3.05) is 14.2 Å². The lowest BCUT2D eigenvalue weighted by atomic mass is 10.0. The van der Waals surface area contributed by atoms with Crippen LogP contribution >= 0.6 is 27.5 Å². The van der Waals surface area contributed by atoms with Crippen molar-refractivity contribution in [3.8, 4) is 0 Å². The molecule has 0 aromatic heterocycles. The van der Waals surface area contributed by atoms with Crippen molar-refractivity contribution < 1.29 is 14.4 Å². The first-order chi connectivity index (χ1) is 8.15. The Balaban J connectivity index is 3.33. The smallest absolute Gasteiger partial charge is 0.360 e. The lowest BCUT2D eigenvalue weighted by Crippen LogP contribution is -2.19. The molecule has 0 aliphatic rings. The summed E-state index contributed by atoms with van der Waals surface area (Å²) in [6.45, 7) is 0. The molecule has 0 saturated carbocycles. The van der Waals surface area contributed by atoms with Crippen molar-refractivity contribution in [1.82, 2.24) is 0 Å². The molecule has 0 unspecified atom stereocenters. The second-order valence-corrected chi connectivity index (χ2v) is 3.98. The third kappa shape index (κ3) is 3.20. The number of rotatable bonds is 4. The van der Waals surface area contributed by atoms with Crippen molar-refractivity contribution in [2.45, 2.75) is 5.33 Å². The second-order valence-electron chi connectivity index (χ2n) is 3.01. The number of esters is 1. The van der Waals surface area contributed by atoms with Crippen LogP contribution in [0.3, 0.4) is 0 Å². The Labute approximate surface area is 113 Å². The molecule has 17 heavy (non-hydrogen) atoms. The number of hydrogen-bond acceptors (Lipinski definition) is 4. The summed E-state index contributed by atoms with van der Waals surface area (Å²) in [5.41, 5.74) is 1.44. The van der Waals surface area contributed by atoms with Gasteiger partial charge >= 0.3 is 5.97 Å². The number of carbonyl (C=O) groups excluding carboxylic acids is 1. The van der Waals surface area contributed by atoms with Gasteiger partial charge in [-0.3, -0.25) is 0 Å². The minimum Gasteiger partial charge on any atom is -0.464 e. The van der Waals surface area contributed by atoms with E-state index in [0.717, 1.165) is 5.56 Å². The molecule has 0 atom stereocenters. The standard InChI is InChI=1S/C11H11BrClNO3/c1-16-11(15)10(14-17-2)7-4-3-5-9(13)8(7)6-12/h3-5H,6H2,1-2H3. The van der Waals surface area contributed by atoms with Crippen LogP contribution < -0.4 is 0 Å². The number of ether oxygens (including phenoxy) is 1. The molecule has 0 aliphatic heterocycles. The molecule has 1 aromatic carbocycles. The second kappa shape index (κ2) is 6.61. The largest absolute Gasteiger partial charge is 0.464 e. The summed E-state index contributed by atoms with van der Waals surface area (Å²) >= 11 is 9.36. The average molecular weight is 321 g/mol. The number of hydrogen-bond donors (Lipinski definition) is 0. The van der Waals surface area contributed by atoms with Crippen LogP contribution in [-0.2, 0) is 19.7 Å². The molecule has 0 saturated heterocycles.